The number of benzene rings is 2. The summed E-state index contributed by atoms with van der Waals surface area (Å²) in [5.41, 5.74) is 15.3. The minimum absolute atomic E-state index is 0.0622. The number of nitrogen functional groups attached to an aromatic ring is 1. The summed E-state index contributed by atoms with van der Waals surface area (Å²) in [5.74, 6) is -2.68. The number of amidine groups is 2. The number of hydrogen-bond donors (Lipinski definition) is 5. The molecule has 4 rings (SSSR count). The van der Waals surface area contributed by atoms with E-state index in [0.29, 0.717) is 27.9 Å². The van der Waals surface area contributed by atoms with E-state index in [1.165, 1.54) is 50.1 Å². The van der Waals surface area contributed by atoms with Crippen molar-refractivity contribution in [3.05, 3.63) is 82.7 Å². The summed E-state index contributed by atoms with van der Waals surface area (Å²) >= 11 is 0. The molecule has 0 saturated heterocycles. The van der Waals surface area contributed by atoms with Gasteiger partial charge >= 0.3 is 0 Å². The minimum atomic E-state index is -0.843. The molecule has 2 aromatic carbocycles. The number of halogens is 2. The van der Waals surface area contributed by atoms with E-state index >= 15 is 0 Å². The molecule has 0 aliphatic rings. The maximum absolute atomic E-state index is 13.9. The van der Waals surface area contributed by atoms with E-state index < -0.39 is 23.5 Å². The van der Waals surface area contributed by atoms with Crippen molar-refractivity contribution in [3.8, 4) is 0 Å². The molecule has 0 atom stereocenters. The summed E-state index contributed by atoms with van der Waals surface area (Å²) in [6.07, 6.45) is 5.64. The zero-order valence-corrected chi connectivity index (χ0v) is 23.3. The van der Waals surface area contributed by atoms with Crippen molar-refractivity contribution in [3.63, 3.8) is 0 Å². The summed E-state index contributed by atoms with van der Waals surface area (Å²) in [7, 11) is 7.58. The van der Waals surface area contributed by atoms with Crippen molar-refractivity contribution < 1.29 is 18.4 Å². The zero-order valence-electron chi connectivity index (χ0n) is 23.3. The van der Waals surface area contributed by atoms with Gasteiger partial charge in [0.25, 0.3) is 11.8 Å². The van der Waals surface area contributed by atoms with Crippen molar-refractivity contribution in [2.24, 2.45) is 16.5 Å². The lowest BCUT2D eigenvalue weighted by Crippen LogP contribution is -2.21. The summed E-state index contributed by atoms with van der Waals surface area (Å²) in [6, 6.07) is 10.6. The molecule has 2 aromatic heterocycles. The number of nitrogens with one attached hydrogen (secondary N) is 3. The summed E-state index contributed by atoms with van der Waals surface area (Å²) in [6.45, 7) is 0. The van der Waals surface area contributed by atoms with Gasteiger partial charge in [-0.05, 0) is 48.6 Å². The van der Waals surface area contributed by atoms with Crippen LogP contribution in [0.3, 0.4) is 0 Å². The number of rotatable bonds is 6. The second-order valence-electron chi connectivity index (χ2n) is 9.41. The van der Waals surface area contributed by atoms with Crippen molar-refractivity contribution in [1.29, 1.82) is 5.41 Å². The topological polar surface area (TPSA) is 160 Å². The smallest absolute Gasteiger partial charge is 0.282 e. The summed E-state index contributed by atoms with van der Waals surface area (Å²) in [5, 5.41) is 8.90. The standard InChI is InChI=1S/C15H17FN4O.C14H15FN4O/c1-18-14(17)9-4-5-13-11(6-9)10(8-19-13)7-12(16)15(21)20(2)3;1-19(2)14(20)11(15)6-9-7-18-12-4-3-8(13(16)17)5-10(9)12/h4-8,19H,1-3H3,(H2,17,18);3-7,18H,1-2H3,(H3,16,17)/b12-7+;11-6-. The predicted molar refractivity (Wildman–Crippen MR) is 160 cm³/mol. The van der Waals surface area contributed by atoms with Crippen LogP contribution in [-0.2, 0) is 9.59 Å². The highest BCUT2D eigenvalue weighted by molar-refractivity contribution is 6.04. The van der Waals surface area contributed by atoms with Gasteiger partial charge in [-0.25, -0.2) is 8.78 Å². The molecule has 10 nitrogen and oxygen atoms in total. The van der Waals surface area contributed by atoms with Gasteiger partial charge < -0.3 is 31.2 Å². The third kappa shape index (κ3) is 7.04. The van der Waals surface area contributed by atoms with E-state index in [0.717, 1.165) is 22.0 Å². The van der Waals surface area contributed by atoms with Crippen LogP contribution < -0.4 is 11.5 Å². The van der Waals surface area contributed by atoms with E-state index in [-0.39, 0.29) is 5.84 Å². The average Bonchev–Trinajstić information content (AvgIpc) is 3.54. The van der Waals surface area contributed by atoms with Gasteiger partial charge in [0.1, 0.15) is 11.7 Å². The maximum atomic E-state index is 13.9. The van der Waals surface area contributed by atoms with Crippen LogP contribution in [0.25, 0.3) is 34.0 Å². The number of nitrogens with two attached hydrogens (primary N) is 2. The average molecular weight is 563 g/mol. The number of hydrogen-bond acceptors (Lipinski definition) is 4. The van der Waals surface area contributed by atoms with Crippen molar-refractivity contribution in [2.75, 3.05) is 35.2 Å². The van der Waals surface area contributed by atoms with E-state index in [1.54, 1.807) is 37.6 Å². The molecule has 0 spiro atoms. The number of fused-ring (bicyclic) bond motifs is 2. The molecule has 7 N–H and O–H groups in total. The van der Waals surface area contributed by atoms with Gasteiger partial charge in [-0.1, -0.05) is 0 Å². The zero-order chi connectivity index (χ0) is 30.4. The first-order valence-corrected chi connectivity index (χ1v) is 12.3. The highest BCUT2D eigenvalue weighted by Gasteiger charge is 2.14. The largest absolute Gasteiger partial charge is 0.384 e. The fourth-order valence-corrected chi connectivity index (χ4v) is 3.80. The van der Waals surface area contributed by atoms with Gasteiger partial charge in [0.05, 0.1) is 0 Å². The van der Waals surface area contributed by atoms with Crippen LogP contribution >= 0.6 is 0 Å². The van der Waals surface area contributed by atoms with Crippen molar-refractivity contribution in [2.45, 2.75) is 0 Å². The van der Waals surface area contributed by atoms with Gasteiger partial charge in [0.15, 0.2) is 11.7 Å². The molecule has 0 aliphatic heterocycles. The van der Waals surface area contributed by atoms with Gasteiger partial charge in [-0.2, -0.15) is 0 Å². The molecule has 214 valence electrons. The molecule has 12 heteroatoms. The molecule has 0 bridgehead atoms. The van der Waals surface area contributed by atoms with Crippen LogP contribution in [0, 0.1) is 5.41 Å². The van der Waals surface area contributed by atoms with Crippen LogP contribution in [0.5, 0.6) is 0 Å². The third-order valence-electron chi connectivity index (χ3n) is 6.06. The van der Waals surface area contributed by atoms with Crippen molar-refractivity contribution >= 4 is 57.4 Å². The first-order valence-electron chi connectivity index (χ1n) is 12.3. The number of aliphatic imine (C=N–C) groups is 1. The van der Waals surface area contributed by atoms with Gasteiger partial charge in [-0.3, -0.25) is 20.0 Å². The summed E-state index contributed by atoms with van der Waals surface area (Å²) in [4.78, 5) is 35.4. The van der Waals surface area contributed by atoms with Crippen LogP contribution in [0.1, 0.15) is 22.3 Å². The number of carbonyl (C=O) groups is 2. The summed E-state index contributed by atoms with van der Waals surface area (Å²) < 4.78 is 27.7. The number of amides is 2. The number of likely N-dealkylation sites (N-methyl/N-ethyl adjacent to an activating group) is 2. The first kappa shape index (κ1) is 30.3. The lowest BCUT2D eigenvalue weighted by atomic mass is 10.1. The van der Waals surface area contributed by atoms with Gasteiger partial charge in [-0.15, -0.1) is 0 Å². The van der Waals surface area contributed by atoms with Crippen molar-refractivity contribution in [1.82, 2.24) is 19.8 Å². The Morgan fingerprint density at radius 3 is 1.61 bits per heavy atom. The molecular formula is C29H32F2N8O2. The van der Waals surface area contributed by atoms with Crippen LogP contribution in [0.4, 0.5) is 8.78 Å². The molecular weight excluding hydrogens is 530 g/mol. The molecule has 2 heterocycles. The van der Waals surface area contributed by atoms with E-state index in [9.17, 15) is 18.4 Å². The van der Waals surface area contributed by atoms with E-state index in [1.807, 2.05) is 18.2 Å². The monoisotopic (exact) mass is 562 g/mol. The lowest BCUT2D eigenvalue weighted by Gasteiger charge is -2.07. The van der Waals surface area contributed by atoms with Gasteiger partial charge in [0.2, 0.25) is 0 Å². The predicted octanol–water partition coefficient (Wildman–Crippen LogP) is 3.75. The molecule has 41 heavy (non-hydrogen) atoms. The second-order valence-corrected chi connectivity index (χ2v) is 9.41. The molecule has 0 fully saturated rings. The fraction of sp³-hybridized carbons (Fsp3) is 0.172. The molecule has 0 radical (unpaired) electrons. The first-order chi connectivity index (χ1) is 19.3. The normalized spacial score (nSPS) is 12.2. The Balaban J connectivity index is 0.000000226. The van der Waals surface area contributed by atoms with Crippen LogP contribution in [0.2, 0.25) is 0 Å². The second kappa shape index (κ2) is 12.7. The van der Waals surface area contributed by atoms with Crippen LogP contribution in [0.15, 0.2) is 65.4 Å². The number of nitrogens with zero attached hydrogens (tertiary/aromatic N) is 3. The molecule has 0 saturated carbocycles. The van der Waals surface area contributed by atoms with Crippen LogP contribution in [-0.4, -0.2) is 78.5 Å². The minimum Gasteiger partial charge on any atom is -0.384 e. The Hall–Kier alpha value is -5.26. The molecule has 2 amide bonds. The maximum Gasteiger partial charge on any atom is 0.282 e. The number of carbonyl (C=O) groups excluding carboxylic acids is 2. The Labute approximate surface area is 235 Å². The fourth-order valence-electron chi connectivity index (χ4n) is 3.80. The SMILES string of the molecule is CN(C)C(=O)/C(F)=C/c1c[nH]c2ccc(C(=N)N)cc12.CN=C(N)c1ccc2[nH]cc(/C=C(/F)C(=O)N(C)C)c2c1. The van der Waals surface area contributed by atoms with Gasteiger partial charge in [0, 0.05) is 91.7 Å². The molecule has 0 aliphatic carbocycles. The lowest BCUT2D eigenvalue weighted by molar-refractivity contribution is -0.126. The van der Waals surface area contributed by atoms with E-state index in [4.69, 9.17) is 16.9 Å². The number of aromatic nitrogens is 2. The third-order valence-corrected chi connectivity index (χ3v) is 6.06. The van der Waals surface area contributed by atoms with E-state index in [2.05, 4.69) is 15.0 Å². The highest BCUT2D eigenvalue weighted by Crippen LogP contribution is 2.24. The molecule has 4 aromatic rings. The molecule has 0 unspecified atom stereocenters. The Bertz CT molecular complexity index is 1710. The quantitative estimate of drug-likeness (QED) is 0.138. The Morgan fingerprint density at radius 2 is 1.22 bits per heavy atom. The Morgan fingerprint density at radius 1 is 0.805 bits per heavy atom. The number of aromatic amines is 2. The highest BCUT2D eigenvalue weighted by atomic mass is 19.1. The number of H-pyrrole nitrogens is 2. The Kier molecular flexibility index (Phi) is 9.40.